The third kappa shape index (κ3) is 3.88. The fourth-order valence-electron chi connectivity index (χ4n) is 2.64. The van der Waals surface area contributed by atoms with Crippen LogP contribution in [0.4, 0.5) is 0 Å². The first-order valence-corrected chi connectivity index (χ1v) is 9.17. The van der Waals surface area contributed by atoms with E-state index in [-0.39, 0.29) is 11.5 Å². The number of aryl methyl sites for hydroxylation is 3. The Balaban J connectivity index is 1.70. The number of thiazole rings is 1. The van der Waals surface area contributed by atoms with Gasteiger partial charge < -0.3 is 5.32 Å². The van der Waals surface area contributed by atoms with Crippen LogP contribution in [0.25, 0.3) is 11.3 Å². The third-order valence-corrected chi connectivity index (χ3v) is 5.05. The van der Waals surface area contributed by atoms with Gasteiger partial charge in [0.15, 0.2) is 0 Å². The third-order valence-electron chi connectivity index (χ3n) is 4.03. The van der Waals surface area contributed by atoms with Crippen LogP contribution in [0.5, 0.6) is 0 Å². The first-order valence-electron chi connectivity index (χ1n) is 8.36. The van der Waals surface area contributed by atoms with E-state index in [4.69, 9.17) is 0 Å². The van der Waals surface area contributed by atoms with Gasteiger partial charge in [-0.3, -0.25) is 9.59 Å². The average molecular weight is 368 g/mol. The van der Waals surface area contributed by atoms with E-state index in [1.165, 1.54) is 10.7 Å². The van der Waals surface area contributed by atoms with Crippen LogP contribution in [0.1, 0.15) is 32.9 Å². The normalized spacial score (nSPS) is 10.7. The Morgan fingerprint density at radius 3 is 2.58 bits per heavy atom. The van der Waals surface area contributed by atoms with Gasteiger partial charge in [0.2, 0.25) is 0 Å². The number of aromatic nitrogens is 3. The van der Waals surface area contributed by atoms with E-state index in [0.29, 0.717) is 17.8 Å². The molecule has 7 heteroatoms. The SMILES string of the molecule is CCc1nc(C)sc1CNC(=O)c1ccc(-c2ccc(=O)n(C)n2)cc1. The molecule has 3 aromatic rings. The van der Waals surface area contributed by atoms with Crippen molar-refractivity contribution in [2.45, 2.75) is 26.8 Å². The van der Waals surface area contributed by atoms with E-state index in [2.05, 4.69) is 22.3 Å². The van der Waals surface area contributed by atoms with Gasteiger partial charge in [-0.1, -0.05) is 19.1 Å². The predicted molar refractivity (Wildman–Crippen MR) is 102 cm³/mol. The summed E-state index contributed by atoms with van der Waals surface area (Å²) in [5.41, 5.74) is 3.01. The Hall–Kier alpha value is -2.80. The van der Waals surface area contributed by atoms with E-state index in [1.54, 1.807) is 36.6 Å². The summed E-state index contributed by atoms with van der Waals surface area (Å²) in [7, 11) is 1.61. The molecule has 3 rings (SSSR count). The standard InChI is InChI=1S/C19H20N4O2S/c1-4-15-17(26-12(2)21-15)11-20-19(25)14-7-5-13(6-8-14)16-9-10-18(24)23(3)22-16/h5-10H,4,11H2,1-3H3,(H,20,25). The van der Waals surface area contributed by atoms with Crippen LogP contribution in [0, 0.1) is 6.92 Å². The highest BCUT2D eigenvalue weighted by atomic mass is 32.1. The molecule has 0 aliphatic heterocycles. The van der Waals surface area contributed by atoms with Gasteiger partial charge in [0.1, 0.15) is 0 Å². The Bertz CT molecular complexity index is 990. The highest BCUT2D eigenvalue weighted by Crippen LogP contribution is 2.19. The minimum atomic E-state index is -0.158. The molecule has 0 aliphatic carbocycles. The van der Waals surface area contributed by atoms with E-state index in [9.17, 15) is 9.59 Å². The van der Waals surface area contributed by atoms with Gasteiger partial charge in [0, 0.05) is 29.1 Å². The van der Waals surface area contributed by atoms with Crippen LogP contribution >= 0.6 is 11.3 Å². The highest BCUT2D eigenvalue weighted by molar-refractivity contribution is 7.11. The second-order valence-corrected chi connectivity index (χ2v) is 7.18. The van der Waals surface area contributed by atoms with Crippen LogP contribution in [0.2, 0.25) is 0 Å². The van der Waals surface area contributed by atoms with Crippen LogP contribution in [0.15, 0.2) is 41.2 Å². The smallest absolute Gasteiger partial charge is 0.266 e. The lowest BCUT2D eigenvalue weighted by atomic mass is 10.1. The van der Waals surface area contributed by atoms with Crippen molar-refractivity contribution in [3.8, 4) is 11.3 Å². The maximum absolute atomic E-state index is 12.4. The molecular weight excluding hydrogens is 348 g/mol. The monoisotopic (exact) mass is 368 g/mol. The molecule has 2 aromatic heterocycles. The number of nitrogens with one attached hydrogen (secondary N) is 1. The quantitative estimate of drug-likeness (QED) is 0.751. The van der Waals surface area contributed by atoms with Gasteiger partial charge in [-0.05, 0) is 31.5 Å². The molecule has 134 valence electrons. The molecule has 0 spiro atoms. The lowest BCUT2D eigenvalue weighted by Gasteiger charge is -2.07. The number of benzene rings is 1. The number of rotatable bonds is 5. The van der Waals surface area contributed by atoms with E-state index < -0.39 is 0 Å². The fraction of sp³-hybridized carbons (Fsp3) is 0.263. The number of hydrogen-bond donors (Lipinski definition) is 1. The molecule has 2 heterocycles. The summed E-state index contributed by atoms with van der Waals surface area (Å²) in [4.78, 5) is 29.4. The molecular formula is C19H20N4O2S. The van der Waals surface area contributed by atoms with E-state index in [1.807, 2.05) is 19.1 Å². The van der Waals surface area contributed by atoms with Crippen LogP contribution in [0.3, 0.4) is 0 Å². The maximum atomic E-state index is 12.4. The van der Waals surface area contributed by atoms with Crippen molar-refractivity contribution >= 4 is 17.2 Å². The molecule has 0 bridgehead atoms. The Labute approximate surface area is 155 Å². The average Bonchev–Trinajstić information content (AvgIpc) is 3.02. The summed E-state index contributed by atoms with van der Waals surface area (Å²) in [6.45, 7) is 4.52. The lowest BCUT2D eigenvalue weighted by molar-refractivity contribution is 0.0951. The highest BCUT2D eigenvalue weighted by Gasteiger charge is 2.11. The summed E-state index contributed by atoms with van der Waals surface area (Å²) < 4.78 is 1.29. The number of carbonyl (C=O) groups excluding carboxylic acids is 1. The number of amides is 1. The first-order chi connectivity index (χ1) is 12.5. The zero-order chi connectivity index (χ0) is 18.7. The summed E-state index contributed by atoms with van der Waals surface area (Å²) in [6, 6.07) is 10.3. The van der Waals surface area contributed by atoms with Crippen molar-refractivity contribution in [2.24, 2.45) is 7.05 Å². The molecule has 1 amide bonds. The second kappa shape index (κ2) is 7.61. The van der Waals surface area contributed by atoms with E-state index in [0.717, 1.165) is 27.6 Å². The van der Waals surface area contributed by atoms with E-state index >= 15 is 0 Å². The Morgan fingerprint density at radius 1 is 1.19 bits per heavy atom. The van der Waals surface area contributed by atoms with Crippen LogP contribution in [-0.2, 0) is 20.0 Å². The minimum absolute atomic E-state index is 0.127. The first kappa shape index (κ1) is 18.0. The zero-order valence-electron chi connectivity index (χ0n) is 14.9. The molecule has 26 heavy (non-hydrogen) atoms. The number of carbonyl (C=O) groups is 1. The minimum Gasteiger partial charge on any atom is -0.347 e. The van der Waals surface area contributed by atoms with Crippen molar-refractivity contribution in [2.75, 3.05) is 0 Å². The summed E-state index contributed by atoms with van der Waals surface area (Å²) in [6.07, 6.45) is 0.858. The van der Waals surface area contributed by atoms with Gasteiger partial charge in [0.05, 0.1) is 22.9 Å². The molecule has 6 nitrogen and oxygen atoms in total. The van der Waals surface area contributed by atoms with Crippen molar-refractivity contribution in [1.82, 2.24) is 20.1 Å². The molecule has 0 radical (unpaired) electrons. The molecule has 0 aliphatic rings. The molecule has 1 aromatic carbocycles. The van der Waals surface area contributed by atoms with Gasteiger partial charge >= 0.3 is 0 Å². The van der Waals surface area contributed by atoms with Gasteiger partial charge in [-0.15, -0.1) is 11.3 Å². The molecule has 0 saturated heterocycles. The van der Waals surface area contributed by atoms with Gasteiger partial charge in [-0.2, -0.15) is 5.10 Å². The summed E-state index contributed by atoms with van der Waals surface area (Å²) in [5.74, 6) is -0.127. The number of hydrogen-bond acceptors (Lipinski definition) is 5. The largest absolute Gasteiger partial charge is 0.347 e. The molecule has 1 N–H and O–H groups in total. The lowest BCUT2D eigenvalue weighted by Crippen LogP contribution is -2.22. The maximum Gasteiger partial charge on any atom is 0.266 e. The van der Waals surface area contributed by atoms with Crippen molar-refractivity contribution in [3.63, 3.8) is 0 Å². The van der Waals surface area contributed by atoms with Crippen molar-refractivity contribution in [1.29, 1.82) is 0 Å². The fourth-order valence-corrected chi connectivity index (χ4v) is 3.60. The molecule has 0 unspecified atom stereocenters. The van der Waals surface area contributed by atoms with Crippen molar-refractivity contribution in [3.05, 3.63) is 67.9 Å². The van der Waals surface area contributed by atoms with Gasteiger partial charge in [0.25, 0.3) is 11.5 Å². The predicted octanol–water partition coefficient (Wildman–Crippen LogP) is 2.70. The summed E-state index contributed by atoms with van der Waals surface area (Å²) >= 11 is 1.62. The summed E-state index contributed by atoms with van der Waals surface area (Å²) in [5, 5.41) is 8.18. The van der Waals surface area contributed by atoms with Crippen molar-refractivity contribution < 1.29 is 4.79 Å². The topological polar surface area (TPSA) is 76.9 Å². The Kier molecular flexibility index (Phi) is 5.27. The van der Waals surface area contributed by atoms with Crippen LogP contribution < -0.4 is 10.9 Å². The van der Waals surface area contributed by atoms with Crippen LogP contribution in [-0.4, -0.2) is 20.7 Å². The zero-order valence-corrected chi connectivity index (χ0v) is 15.8. The number of nitrogens with zero attached hydrogens (tertiary/aromatic N) is 3. The molecule has 0 saturated carbocycles. The second-order valence-electron chi connectivity index (χ2n) is 5.90. The molecule has 0 atom stereocenters. The Morgan fingerprint density at radius 2 is 1.92 bits per heavy atom. The molecule has 0 fully saturated rings. The van der Waals surface area contributed by atoms with Gasteiger partial charge in [-0.25, -0.2) is 9.67 Å².